The summed E-state index contributed by atoms with van der Waals surface area (Å²) < 4.78 is 12.9. The number of rotatable bonds is 4. The van der Waals surface area contributed by atoms with Crippen molar-refractivity contribution in [1.29, 1.82) is 0 Å². The van der Waals surface area contributed by atoms with Gasteiger partial charge in [0.2, 0.25) is 0 Å². The molecule has 1 aromatic carbocycles. The van der Waals surface area contributed by atoms with Crippen LogP contribution in [0.2, 0.25) is 0 Å². The summed E-state index contributed by atoms with van der Waals surface area (Å²) in [5.41, 5.74) is 7.34. The predicted molar refractivity (Wildman–Crippen MR) is 72.8 cm³/mol. The van der Waals surface area contributed by atoms with E-state index in [2.05, 4.69) is 18.7 Å². The molecule has 3 atom stereocenters. The van der Waals surface area contributed by atoms with Crippen LogP contribution in [0.15, 0.2) is 24.3 Å². The van der Waals surface area contributed by atoms with Crippen molar-refractivity contribution in [2.45, 2.75) is 51.2 Å². The average molecular weight is 250 g/mol. The fourth-order valence-corrected chi connectivity index (χ4v) is 3.00. The number of halogens is 1. The van der Waals surface area contributed by atoms with Crippen molar-refractivity contribution in [1.82, 2.24) is 4.90 Å². The van der Waals surface area contributed by atoms with Gasteiger partial charge in [0.25, 0.3) is 0 Å². The van der Waals surface area contributed by atoms with Crippen LogP contribution in [-0.2, 0) is 0 Å². The quantitative estimate of drug-likeness (QED) is 0.889. The van der Waals surface area contributed by atoms with Crippen LogP contribution in [0.5, 0.6) is 0 Å². The molecule has 2 N–H and O–H groups in total. The van der Waals surface area contributed by atoms with Crippen LogP contribution in [0.1, 0.15) is 44.7 Å². The number of hydrogen-bond donors (Lipinski definition) is 1. The highest BCUT2D eigenvalue weighted by atomic mass is 19.1. The van der Waals surface area contributed by atoms with Gasteiger partial charge in [-0.1, -0.05) is 19.1 Å². The highest BCUT2D eigenvalue weighted by molar-refractivity contribution is 5.21. The second kappa shape index (κ2) is 5.81. The second-order valence-corrected chi connectivity index (χ2v) is 5.26. The lowest BCUT2D eigenvalue weighted by atomic mass is 9.99. The third-order valence-corrected chi connectivity index (χ3v) is 4.19. The van der Waals surface area contributed by atoms with E-state index >= 15 is 0 Å². The topological polar surface area (TPSA) is 29.3 Å². The van der Waals surface area contributed by atoms with Gasteiger partial charge in [0.15, 0.2) is 0 Å². The minimum absolute atomic E-state index is 0.0438. The van der Waals surface area contributed by atoms with Crippen molar-refractivity contribution in [3.8, 4) is 0 Å². The van der Waals surface area contributed by atoms with Gasteiger partial charge >= 0.3 is 0 Å². The molecule has 2 nitrogen and oxygen atoms in total. The first-order chi connectivity index (χ1) is 8.63. The van der Waals surface area contributed by atoms with Crippen LogP contribution >= 0.6 is 0 Å². The molecule has 3 heteroatoms. The molecule has 18 heavy (non-hydrogen) atoms. The summed E-state index contributed by atoms with van der Waals surface area (Å²) in [7, 11) is 0. The van der Waals surface area contributed by atoms with Crippen molar-refractivity contribution >= 4 is 0 Å². The summed E-state index contributed by atoms with van der Waals surface area (Å²) >= 11 is 0. The first-order valence-corrected chi connectivity index (χ1v) is 6.90. The molecule has 1 aliphatic rings. The Morgan fingerprint density at radius 1 is 1.39 bits per heavy atom. The Morgan fingerprint density at radius 2 is 2.06 bits per heavy atom. The Morgan fingerprint density at radius 3 is 2.67 bits per heavy atom. The maximum atomic E-state index is 12.9. The van der Waals surface area contributed by atoms with E-state index in [0.29, 0.717) is 12.1 Å². The molecule has 3 unspecified atom stereocenters. The minimum atomic E-state index is -0.203. The number of likely N-dealkylation sites (tertiary alicyclic amines) is 1. The Hall–Kier alpha value is -0.930. The monoisotopic (exact) mass is 250 g/mol. The molecule has 0 aromatic heterocycles. The number of benzene rings is 1. The number of hydrogen-bond acceptors (Lipinski definition) is 2. The highest BCUT2D eigenvalue weighted by Crippen LogP contribution is 2.27. The molecule has 1 aromatic rings. The molecule has 1 heterocycles. The Labute approximate surface area is 109 Å². The van der Waals surface area contributed by atoms with Crippen molar-refractivity contribution in [3.63, 3.8) is 0 Å². The molecule has 1 aliphatic heterocycles. The van der Waals surface area contributed by atoms with E-state index in [4.69, 9.17) is 5.73 Å². The van der Waals surface area contributed by atoms with Crippen molar-refractivity contribution < 1.29 is 4.39 Å². The van der Waals surface area contributed by atoms with Gasteiger partial charge in [-0.2, -0.15) is 0 Å². The van der Waals surface area contributed by atoms with Gasteiger partial charge in [-0.05, 0) is 50.4 Å². The van der Waals surface area contributed by atoms with Crippen LogP contribution < -0.4 is 5.73 Å². The predicted octanol–water partition coefficient (Wildman–Crippen LogP) is 3.09. The van der Waals surface area contributed by atoms with Crippen molar-refractivity contribution in [2.75, 3.05) is 6.54 Å². The molecule has 0 saturated carbocycles. The van der Waals surface area contributed by atoms with E-state index in [1.807, 2.05) is 0 Å². The molecular weight excluding hydrogens is 227 g/mol. The van der Waals surface area contributed by atoms with Gasteiger partial charge < -0.3 is 5.73 Å². The number of nitrogens with two attached hydrogens (primary N) is 1. The van der Waals surface area contributed by atoms with Gasteiger partial charge in [-0.3, -0.25) is 4.90 Å². The van der Waals surface area contributed by atoms with Crippen LogP contribution in [0.4, 0.5) is 4.39 Å². The lowest BCUT2D eigenvalue weighted by Gasteiger charge is -2.34. The van der Waals surface area contributed by atoms with Crippen molar-refractivity contribution in [3.05, 3.63) is 35.6 Å². The lowest BCUT2D eigenvalue weighted by molar-refractivity contribution is 0.165. The molecule has 0 radical (unpaired) electrons. The lowest BCUT2D eigenvalue weighted by Crippen LogP contribution is -2.43. The molecule has 0 spiro atoms. The summed E-state index contributed by atoms with van der Waals surface area (Å²) in [5, 5.41) is 0. The van der Waals surface area contributed by atoms with Crippen molar-refractivity contribution in [2.24, 2.45) is 5.73 Å². The molecule has 0 aliphatic carbocycles. The SMILES string of the molecule is CCC1CCCN1C(C)C(N)c1ccc(F)cc1. The van der Waals surface area contributed by atoms with Gasteiger partial charge in [-0.25, -0.2) is 4.39 Å². The molecular formula is C15H23FN2. The van der Waals surface area contributed by atoms with Crippen LogP contribution in [0, 0.1) is 5.82 Å². The zero-order valence-electron chi connectivity index (χ0n) is 11.3. The number of nitrogens with zero attached hydrogens (tertiary/aromatic N) is 1. The maximum absolute atomic E-state index is 12.9. The van der Waals surface area contributed by atoms with Gasteiger partial charge in [0.05, 0.1) is 0 Å². The third kappa shape index (κ3) is 2.73. The van der Waals surface area contributed by atoms with E-state index in [-0.39, 0.29) is 11.9 Å². The first-order valence-electron chi connectivity index (χ1n) is 6.90. The van der Waals surface area contributed by atoms with E-state index in [9.17, 15) is 4.39 Å². The van der Waals surface area contributed by atoms with E-state index in [1.165, 1.54) is 31.4 Å². The minimum Gasteiger partial charge on any atom is -0.323 e. The molecule has 1 saturated heterocycles. The van der Waals surface area contributed by atoms with Crippen LogP contribution in [0.25, 0.3) is 0 Å². The van der Waals surface area contributed by atoms with Crippen LogP contribution in [-0.4, -0.2) is 23.5 Å². The Kier molecular flexibility index (Phi) is 4.36. The summed E-state index contributed by atoms with van der Waals surface area (Å²) in [4.78, 5) is 2.51. The summed E-state index contributed by atoms with van der Waals surface area (Å²) in [5.74, 6) is -0.203. The summed E-state index contributed by atoms with van der Waals surface area (Å²) in [6.45, 7) is 5.55. The standard InChI is InChI=1S/C15H23FN2/c1-3-14-5-4-10-18(14)11(2)15(17)12-6-8-13(16)9-7-12/h6-9,11,14-15H,3-5,10,17H2,1-2H3. The maximum Gasteiger partial charge on any atom is 0.123 e. The fraction of sp³-hybridized carbons (Fsp3) is 0.600. The molecule has 0 amide bonds. The largest absolute Gasteiger partial charge is 0.323 e. The van der Waals surface area contributed by atoms with Crippen LogP contribution in [0.3, 0.4) is 0 Å². The van der Waals surface area contributed by atoms with E-state index < -0.39 is 0 Å². The Balaban J connectivity index is 2.08. The molecule has 2 rings (SSSR count). The molecule has 100 valence electrons. The van der Waals surface area contributed by atoms with Gasteiger partial charge in [0, 0.05) is 18.1 Å². The van der Waals surface area contributed by atoms with E-state index in [1.54, 1.807) is 12.1 Å². The first kappa shape index (κ1) is 13.5. The molecule has 0 bridgehead atoms. The zero-order chi connectivity index (χ0) is 13.1. The summed E-state index contributed by atoms with van der Waals surface area (Å²) in [6.07, 6.45) is 3.72. The third-order valence-electron chi connectivity index (χ3n) is 4.19. The molecule has 1 fully saturated rings. The summed E-state index contributed by atoms with van der Waals surface area (Å²) in [6, 6.07) is 7.50. The fourth-order valence-electron chi connectivity index (χ4n) is 3.00. The highest BCUT2D eigenvalue weighted by Gasteiger charge is 2.30. The zero-order valence-corrected chi connectivity index (χ0v) is 11.3. The van der Waals surface area contributed by atoms with Gasteiger partial charge in [-0.15, -0.1) is 0 Å². The Bertz CT molecular complexity index is 377. The normalized spacial score (nSPS) is 24.1. The van der Waals surface area contributed by atoms with E-state index in [0.717, 1.165) is 12.1 Å². The van der Waals surface area contributed by atoms with Gasteiger partial charge in [0.1, 0.15) is 5.82 Å². The smallest absolute Gasteiger partial charge is 0.123 e. The second-order valence-electron chi connectivity index (χ2n) is 5.26. The average Bonchev–Trinajstić information content (AvgIpc) is 2.86.